The minimum absolute atomic E-state index is 0.146. The minimum atomic E-state index is 0.146. The van der Waals surface area contributed by atoms with E-state index in [9.17, 15) is 4.79 Å². The van der Waals surface area contributed by atoms with E-state index in [-0.39, 0.29) is 10.7 Å². The molecule has 1 aromatic carbocycles. The van der Waals surface area contributed by atoms with Crippen LogP contribution in [0, 0.1) is 0 Å². The second kappa shape index (κ2) is 4.75. The van der Waals surface area contributed by atoms with Crippen LogP contribution in [0.4, 0.5) is 5.69 Å². The molecule has 1 amide bonds. The first-order valence-corrected chi connectivity index (χ1v) is 6.60. The molecule has 2 rings (SSSR count). The van der Waals surface area contributed by atoms with E-state index in [2.05, 4.69) is 31.9 Å². The number of ether oxygens (including phenoxy) is 1. The second-order valence-corrected chi connectivity index (χ2v) is 5.77. The summed E-state index contributed by atoms with van der Waals surface area (Å²) in [5.41, 5.74) is 0.896. The van der Waals surface area contributed by atoms with Gasteiger partial charge in [0.2, 0.25) is 5.91 Å². The molecule has 0 spiro atoms. The SMILES string of the molecule is COc1ccc(N2CC(Br)CC2=O)c(Br)c1. The van der Waals surface area contributed by atoms with Gasteiger partial charge in [-0.2, -0.15) is 0 Å². The Balaban J connectivity index is 2.30. The summed E-state index contributed by atoms with van der Waals surface area (Å²) >= 11 is 6.92. The standard InChI is InChI=1S/C11H11Br2NO2/c1-16-8-2-3-10(9(13)5-8)14-6-7(12)4-11(14)15/h2-3,5,7H,4,6H2,1H3. The summed E-state index contributed by atoms with van der Waals surface area (Å²) in [4.78, 5) is 13.8. The van der Waals surface area contributed by atoms with Crippen molar-refractivity contribution >= 4 is 43.5 Å². The van der Waals surface area contributed by atoms with Crippen LogP contribution in [0.25, 0.3) is 0 Å². The number of carbonyl (C=O) groups is 1. The summed E-state index contributed by atoms with van der Waals surface area (Å²) in [6.07, 6.45) is 0.554. The van der Waals surface area contributed by atoms with Gasteiger partial charge in [0.15, 0.2) is 0 Å². The van der Waals surface area contributed by atoms with Crippen molar-refractivity contribution in [2.24, 2.45) is 0 Å². The van der Waals surface area contributed by atoms with Crippen LogP contribution in [0.3, 0.4) is 0 Å². The van der Waals surface area contributed by atoms with Gasteiger partial charge >= 0.3 is 0 Å². The minimum Gasteiger partial charge on any atom is -0.497 e. The van der Waals surface area contributed by atoms with Crippen molar-refractivity contribution in [3.05, 3.63) is 22.7 Å². The van der Waals surface area contributed by atoms with E-state index in [0.717, 1.165) is 15.9 Å². The smallest absolute Gasteiger partial charge is 0.228 e. The van der Waals surface area contributed by atoms with Crippen molar-refractivity contribution in [2.75, 3.05) is 18.6 Å². The maximum atomic E-state index is 11.7. The Morgan fingerprint density at radius 3 is 2.75 bits per heavy atom. The van der Waals surface area contributed by atoms with Crippen LogP contribution in [0.15, 0.2) is 22.7 Å². The molecule has 0 N–H and O–H groups in total. The van der Waals surface area contributed by atoms with Gasteiger partial charge in [-0.15, -0.1) is 0 Å². The molecule has 1 aromatic rings. The number of methoxy groups -OCH3 is 1. The van der Waals surface area contributed by atoms with E-state index in [1.54, 1.807) is 12.0 Å². The van der Waals surface area contributed by atoms with E-state index in [1.807, 2.05) is 18.2 Å². The summed E-state index contributed by atoms with van der Waals surface area (Å²) < 4.78 is 5.99. The Bertz CT molecular complexity index is 422. The van der Waals surface area contributed by atoms with Crippen molar-refractivity contribution in [3.8, 4) is 5.75 Å². The Labute approximate surface area is 111 Å². The fourth-order valence-corrected chi connectivity index (χ4v) is 2.87. The lowest BCUT2D eigenvalue weighted by atomic mass is 10.3. The monoisotopic (exact) mass is 347 g/mol. The number of anilines is 1. The van der Waals surface area contributed by atoms with E-state index in [4.69, 9.17) is 4.74 Å². The fourth-order valence-electron chi connectivity index (χ4n) is 1.73. The molecule has 0 radical (unpaired) electrons. The molecule has 1 atom stereocenters. The number of hydrogen-bond donors (Lipinski definition) is 0. The van der Waals surface area contributed by atoms with Gasteiger partial charge in [0, 0.05) is 22.3 Å². The van der Waals surface area contributed by atoms with Crippen LogP contribution in [0.1, 0.15) is 6.42 Å². The first kappa shape index (κ1) is 11.9. The molecular weight excluding hydrogens is 338 g/mol. The van der Waals surface area contributed by atoms with Crippen LogP contribution in [0.2, 0.25) is 0 Å². The van der Waals surface area contributed by atoms with Crippen molar-refractivity contribution in [1.82, 2.24) is 0 Å². The summed E-state index contributed by atoms with van der Waals surface area (Å²) in [6.45, 7) is 0.712. The molecule has 1 aliphatic rings. The van der Waals surface area contributed by atoms with Gasteiger partial charge in [0.1, 0.15) is 5.75 Å². The van der Waals surface area contributed by atoms with E-state index in [0.29, 0.717) is 13.0 Å². The summed E-state index contributed by atoms with van der Waals surface area (Å²) in [5, 5.41) is 0. The lowest BCUT2D eigenvalue weighted by Crippen LogP contribution is -2.24. The second-order valence-electron chi connectivity index (χ2n) is 3.62. The zero-order valence-corrected chi connectivity index (χ0v) is 11.9. The van der Waals surface area contributed by atoms with Crippen LogP contribution >= 0.6 is 31.9 Å². The quantitative estimate of drug-likeness (QED) is 0.769. The lowest BCUT2D eigenvalue weighted by molar-refractivity contribution is -0.117. The molecule has 0 aromatic heterocycles. The molecule has 1 aliphatic heterocycles. The molecule has 3 nitrogen and oxygen atoms in total. The third-order valence-electron chi connectivity index (χ3n) is 2.52. The van der Waals surface area contributed by atoms with Gasteiger partial charge in [-0.25, -0.2) is 0 Å². The topological polar surface area (TPSA) is 29.5 Å². The summed E-state index contributed by atoms with van der Waals surface area (Å²) in [7, 11) is 1.62. The van der Waals surface area contributed by atoms with Crippen LogP contribution in [0.5, 0.6) is 5.75 Å². The number of halogens is 2. The number of hydrogen-bond acceptors (Lipinski definition) is 2. The van der Waals surface area contributed by atoms with Crippen LogP contribution < -0.4 is 9.64 Å². The lowest BCUT2D eigenvalue weighted by Gasteiger charge is -2.18. The van der Waals surface area contributed by atoms with Gasteiger partial charge in [-0.05, 0) is 34.1 Å². The molecule has 16 heavy (non-hydrogen) atoms. The zero-order valence-electron chi connectivity index (χ0n) is 8.74. The van der Waals surface area contributed by atoms with Crippen LogP contribution in [-0.2, 0) is 4.79 Å². The molecule has 1 fully saturated rings. The van der Waals surface area contributed by atoms with Crippen LogP contribution in [-0.4, -0.2) is 24.4 Å². The van der Waals surface area contributed by atoms with Crippen molar-refractivity contribution in [1.29, 1.82) is 0 Å². The van der Waals surface area contributed by atoms with Crippen molar-refractivity contribution < 1.29 is 9.53 Å². The number of amides is 1. The average molecular weight is 349 g/mol. The van der Waals surface area contributed by atoms with Crippen molar-refractivity contribution in [2.45, 2.75) is 11.2 Å². The Kier molecular flexibility index (Phi) is 3.54. The first-order chi connectivity index (χ1) is 7.61. The molecule has 86 valence electrons. The highest BCUT2D eigenvalue weighted by atomic mass is 79.9. The number of carbonyl (C=O) groups excluding carboxylic acids is 1. The largest absolute Gasteiger partial charge is 0.497 e. The van der Waals surface area contributed by atoms with Gasteiger partial charge in [0.25, 0.3) is 0 Å². The molecule has 0 saturated carbocycles. The number of benzene rings is 1. The third-order valence-corrected chi connectivity index (χ3v) is 3.77. The maximum Gasteiger partial charge on any atom is 0.228 e. The normalized spacial score (nSPS) is 20.3. The molecule has 0 bridgehead atoms. The highest BCUT2D eigenvalue weighted by molar-refractivity contribution is 9.10. The molecule has 1 unspecified atom stereocenters. The Morgan fingerprint density at radius 1 is 1.50 bits per heavy atom. The molecule has 1 heterocycles. The summed E-state index contributed by atoms with van der Waals surface area (Å²) in [5.74, 6) is 0.922. The van der Waals surface area contributed by atoms with E-state index in [1.165, 1.54) is 0 Å². The zero-order chi connectivity index (χ0) is 11.7. The van der Waals surface area contributed by atoms with Gasteiger partial charge < -0.3 is 9.64 Å². The van der Waals surface area contributed by atoms with Gasteiger partial charge in [-0.1, -0.05) is 15.9 Å². The fraction of sp³-hybridized carbons (Fsp3) is 0.364. The molecule has 1 saturated heterocycles. The molecule has 0 aliphatic carbocycles. The molecular formula is C11H11Br2NO2. The van der Waals surface area contributed by atoms with E-state index >= 15 is 0 Å². The van der Waals surface area contributed by atoms with Gasteiger partial charge in [-0.3, -0.25) is 4.79 Å². The average Bonchev–Trinajstić information content (AvgIpc) is 2.57. The number of rotatable bonds is 2. The first-order valence-electron chi connectivity index (χ1n) is 4.90. The van der Waals surface area contributed by atoms with Crippen molar-refractivity contribution in [3.63, 3.8) is 0 Å². The molecule has 5 heteroatoms. The maximum absolute atomic E-state index is 11.7. The highest BCUT2D eigenvalue weighted by Crippen LogP contribution is 2.33. The number of alkyl halides is 1. The van der Waals surface area contributed by atoms with E-state index < -0.39 is 0 Å². The highest BCUT2D eigenvalue weighted by Gasteiger charge is 2.29. The Hall–Kier alpha value is -0.550. The summed E-state index contributed by atoms with van der Waals surface area (Å²) in [6, 6.07) is 5.62. The predicted octanol–water partition coefficient (Wildman–Crippen LogP) is 2.96. The van der Waals surface area contributed by atoms with Gasteiger partial charge in [0.05, 0.1) is 12.8 Å². The number of nitrogens with zero attached hydrogens (tertiary/aromatic N) is 1. The predicted molar refractivity (Wildman–Crippen MR) is 70.4 cm³/mol. The Morgan fingerprint density at radius 2 is 2.25 bits per heavy atom. The third kappa shape index (κ3) is 2.25.